The summed E-state index contributed by atoms with van der Waals surface area (Å²) in [5.74, 6) is 1.84. The first-order valence-corrected chi connectivity index (χ1v) is 12.2. The van der Waals surface area contributed by atoms with Gasteiger partial charge in [0.05, 0.1) is 0 Å². The number of hydrogen-bond acceptors (Lipinski definition) is 5. The number of urea groups is 1. The number of benzene rings is 3. The molecule has 4 aromatic rings. The van der Waals surface area contributed by atoms with Crippen LogP contribution in [0.2, 0.25) is 0 Å². The molecule has 34 heavy (non-hydrogen) atoms. The second-order valence-corrected chi connectivity index (χ2v) is 9.05. The van der Waals surface area contributed by atoms with Crippen LogP contribution < -0.4 is 48.4 Å². The number of halogens is 1. The van der Waals surface area contributed by atoms with Crippen molar-refractivity contribution in [1.82, 2.24) is 4.98 Å². The Morgan fingerprint density at radius 2 is 1.76 bits per heavy atom. The third-order valence-corrected chi connectivity index (χ3v) is 6.86. The van der Waals surface area contributed by atoms with E-state index in [0.29, 0.717) is 35.1 Å². The summed E-state index contributed by atoms with van der Waals surface area (Å²) < 4.78 is 16.7. The number of carbonyl (C=O) groups excluding carboxylic acids is 2. The zero-order valence-electron chi connectivity index (χ0n) is 17.6. The normalized spacial score (nSPS) is 14.2. The van der Waals surface area contributed by atoms with E-state index in [9.17, 15) is 9.59 Å². The SMILES string of the molecule is O=C(Nc1ccc2c(c1)OCC(=O)N2Cc1ccc2c(c1)O[I-]O2)Nc1ccc2cc[nH]c2c1. The van der Waals surface area contributed by atoms with Crippen molar-refractivity contribution >= 4 is 39.9 Å². The van der Waals surface area contributed by atoms with Crippen molar-refractivity contribution in [3.63, 3.8) is 0 Å². The Hall–Kier alpha value is -3.93. The molecule has 3 aromatic carbocycles. The van der Waals surface area contributed by atoms with E-state index in [4.69, 9.17) is 10.9 Å². The van der Waals surface area contributed by atoms with Gasteiger partial charge in [0, 0.05) is 17.4 Å². The maximum atomic E-state index is 12.6. The van der Waals surface area contributed by atoms with Crippen LogP contribution in [0.4, 0.5) is 21.9 Å². The molecule has 3 amide bonds. The fourth-order valence-electron chi connectivity index (χ4n) is 3.92. The van der Waals surface area contributed by atoms with Gasteiger partial charge in [-0.2, -0.15) is 0 Å². The van der Waals surface area contributed by atoms with Crippen LogP contribution in [0.3, 0.4) is 0 Å². The molecule has 0 spiro atoms. The largest absolute Gasteiger partial charge is 0.361 e. The van der Waals surface area contributed by atoms with Crippen LogP contribution in [0.1, 0.15) is 5.56 Å². The van der Waals surface area contributed by atoms with Gasteiger partial charge in [-0.15, -0.1) is 0 Å². The van der Waals surface area contributed by atoms with Crippen molar-refractivity contribution in [1.29, 1.82) is 0 Å². The average molecular weight is 569 g/mol. The number of hydrogen-bond donors (Lipinski definition) is 3. The fraction of sp³-hybridized carbons (Fsp3) is 0.0833. The first kappa shape index (κ1) is 20.7. The Morgan fingerprint density at radius 3 is 2.68 bits per heavy atom. The van der Waals surface area contributed by atoms with Crippen LogP contribution in [0.15, 0.2) is 66.9 Å². The third-order valence-electron chi connectivity index (χ3n) is 5.55. The molecule has 0 aliphatic carbocycles. The number of H-pyrrole nitrogens is 1. The molecule has 0 unspecified atom stereocenters. The first-order valence-electron chi connectivity index (χ1n) is 10.5. The fourth-order valence-corrected chi connectivity index (χ4v) is 5.10. The molecule has 6 rings (SSSR count). The van der Waals surface area contributed by atoms with E-state index < -0.39 is 22.0 Å². The predicted molar refractivity (Wildman–Crippen MR) is 122 cm³/mol. The Labute approximate surface area is 205 Å². The molecule has 0 bridgehead atoms. The molecule has 10 heteroatoms. The first-order chi connectivity index (χ1) is 16.6. The van der Waals surface area contributed by atoms with E-state index >= 15 is 0 Å². The van der Waals surface area contributed by atoms with Crippen molar-refractivity contribution in [3.05, 3.63) is 72.4 Å². The summed E-state index contributed by atoms with van der Waals surface area (Å²) in [5, 5.41) is 6.71. The number of nitrogens with one attached hydrogen (secondary N) is 3. The molecular formula is C24H18IN4O5-. The molecule has 0 fully saturated rings. The zero-order valence-corrected chi connectivity index (χ0v) is 19.8. The molecule has 1 aromatic heterocycles. The minimum atomic E-state index is -0.749. The second-order valence-electron chi connectivity index (χ2n) is 7.81. The smallest absolute Gasteiger partial charge is 0.0474 e. The summed E-state index contributed by atoms with van der Waals surface area (Å²) >= 11 is -0.749. The van der Waals surface area contributed by atoms with Gasteiger partial charge in [0.15, 0.2) is 0 Å². The summed E-state index contributed by atoms with van der Waals surface area (Å²) in [6, 6.07) is 18.1. The standard InChI is InChI=1S/C24H18IN4O5/c30-23-13-32-21-11-17(28-24(31)27-16-3-2-15-7-8-26-18(15)10-16)4-5-19(21)29(23)12-14-1-6-20-22(9-14)34-25-33-20/h1-11,26H,12-13H2,(H2,27,28,31)/q-1. The minimum Gasteiger partial charge on any atom is -0.361 e. The minimum absolute atomic E-state index is 0.0746. The Balaban J connectivity index is 1.17. The van der Waals surface area contributed by atoms with Crippen LogP contribution in [-0.4, -0.2) is 23.5 Å². The summed E-state index contributed by atoms with van der Waals surface area (Å²) in [4.78, 5) is 29.9. The van der Waals surface area contributed by atoms with Crippen LogP contribution in [0, 0.1) is 0 Å². The van der Waals surface area contributed by atoms with Crippen molar-refractivity contribution in [2.24, 2.45) is 0 Å². The van der Waals surface area contributed by atoms with E-state index in [1.807, 2.05) is 48.7 Å². The summed E-state index contributed by atoms with van der Waals surface area (Å²) in [6.45, 7) is 0.299. The third kappa shape index (κ3) is 3.96. The Morgan fingerprint density at radius 1 is 0.941 bits per heavy atom. The number of aromatic amines is 1. The molecule has 172 valence electrons. The topological polar surface area (TPSA) is 105 Å². The molecule has 2 aliphatic rings. The summed E-state index contributed by atoms with van der Waals surface area (Å²) in [5.41, 5.74) is 3.73. The number of anilines is 3. The van der Waals surface area contributed by atoms with Gasteiger partial charge in [-0.3, -0.25) is 0 Å². The van der Waals surface area contributed by atoms with Gasteiger partial charge in [-0.1, -0.05) is 6.07 Å². The number of amides is 3. The second kappa shape index (κ2) is 8.45. The summed E-state index contributed by atoms with van der Waals surface area (Å²) in [6.07, 6.45) is 1.85. The molecule has 0 saturated carbocycles. The van der Waals surface area contributed by atoms with Crippen LogP contribution in [0.25, 0.3) is 10.9 Å². The van der Waals surface area contributed by atoms with Gasteiger partial charge in [0.2, 0.25) is 0 Å². The quantitative estimate of drug-likeness (QED) is 0.323. The number of carbonyl (C=O) groups is 2. The molecule has 2 aliphatic heterocycles. The van der Waals surface area contributed by atoms with Crippen molar-refractivity contribution in [2.45, 2.75) is 6.54 Å². The predicted octanol–water partition coefficient (Wildman–Crippen LogP) is 1.43. The molecule has 3 N–H and O–H groups in total. The van der Waals surface area contributed by atoms with Gasteiger partial charge in [0.1, 0.15) is 0 Å². The van der Waals surface area contributed by atoms with Crippen LogP contribution in [0.5, 0.6) is 17.2 Å². The molecule has 0 atom stereocenters. The molecule has 0 saturated heterocycles. The maximum Gasteiger partial charge on any atom is 0.0474 e. The van der Waals surface area contributed by atoms with Crippen molar-refractivity contribution < 1.29 is 42.5 Å². The van der Waals surface area contributed by atoms with Gasteiger partial charge < -0.3 is 10.3 Å². The zero-order chi connectivity index (χ0) is 23.1. The molecule has 3 heterocycles. The molecule has 9 nitrogen and oxygen atoms in total. The number of fused-ring (bicyclic) bond motifs is 3. The van der Waals surface area contributed by atoms with Gasteiger partial charge in [-0.25, -0.2) is 4.79 Å². The Kier molecular flexibility index (Phi) is 5.13. The van der Waals surface area contributed by atoms with Crippen LogP contribution >= 0.6 is 0 Å². The van der Waals surface area contributed by atoms with Gasteiger partial charge in [-0.05, 0) is 23.6 Å². The van der Waals surface area contributed by atoms with E-state index in [1.54, 1.807) is 23.1 Å². The molecule has 0 radical (unpaired) electrons. The summed E-state index contributed by atoms with van der Waals surface area (Å²) in [7, 11) is 0. The van der Waals surface area contributed by atoms with E-state index in [2.05, 4.69) is 15.6 Å². The van der Waals surface area contributed by atoms with Gasteiger partial charge in [0.25, 0.3) is 0 Å². The molecular weight excluding hydrogens is 551 g/mol. The van der Waals surface area contributed by atoms with Crippen molar-refractivity contribution in [3.8, 4) is 17.2 Å². The number of nitrogens with zero attached hydrogens (tertiary/aromatic N) is 1. The number of rotatable bonds is 4. The maximum absolute atomic E-state index is 12.6. The monoisotopic (exact) mass is 569 g/mol. The van der Waals surface area contributed by atoms with E-state index in [1.165, 1.54) is 0 Å². The van der Waals surface area contributed by atoms with Gasteiger partial charge >= 0.3 is 144 Å². The van der Waals surface area contributed by atoms with E-state index in [0.717, 1.165) is 22.2 Å². The van der Waals surface area contributed by atoms with E-state index in [-0.39, 0.29) is 18.5 Å². The number of aromatic nitrogens is 1. The van der Waals surface area contributed by atoms with Crippen LogP contribution in [-0.2, 0) is 11.3 Å². The van der Waals surface area contributed by atoms with Crippen molar-refractivity contribution in [2.75, 3.05) is 22.1 Å². The number of ether oxygens (including phenoxy) is 1. The Bertz CT molecular complexity index is 1440. The average Bonchev–Trinajstić information content (AvgIpc) is 3.49.